The first kappa shape index (κ1) is 16.8. The van der Waals surface area contributed by atoms with Crippen LogP contribution >= 0.6 is 11.3 Å². The van der Waals surface area contributed by atoms with Gasteiger partial charge in [0.25, 0.3) is 5.91 Å². The molecule has 4 nitrogen and oxygen atoms in total. The average molecular weight is 364 g/mol. The van der Waals surface area contributed by atoms with Gasteiger partial charge >= 0.3 is 0 Å². The van der Waals surface area contributed by atoms with Crippen LogP contribution < -0.4 is 5.73 Å². The topological polar surface area (TPSA) is 75.7 Å². The number of fused-ring (bicyclic) bond motifs is 2. The Bertz CT molecular complexity index is 1040. The summed E-state index contributed by atoms with van der Waals surface area (Å²) in [6, 6.07) is 11.4. The van der Waals surface area contributed by atoms with Gasteiger partial charge in [-0.1, -0.05) is 37.3 Å². The Kier molecular flexibility index (Phi) is 4.24. The fraction of sp³-hybridized carbons (Fsp3) is 0.238. The normalized spacial score (nSPS) is 16.9. The van der Waals surface area contributed by atoms with Gasteiger partial charge in [-0.3, -0.25) is 4.79 Å². The van der Waals surface area contributed by atoms with Gasteiger partial charge in [0, 0.05) is 16.7 Å². The van der Waals surface area contributed by atoms with Gasteiger partial charge in [0.05, 0.1) is 5.56 Å². The number of phenols is 1. The summed E-state index contributed by atoms with van der Waals surface area (Å²) in [4.78, 5) is 17.8. The maximum absolute atomic E-state index is 12.1. The van der Waals surface area contributed by atoms with Crippen LogP contribution in [0.1, 0.15) is 39.7 Å². The van der Waals surface area contributed by atoms with Gasteiger partial charge in [-0.2, -0.15) is 0 Å². The zero-order chi connectivity index (χ0) is 18.3. The van der Waals surface area contributed by atoms with Crippen LogP contribution in [0.4, 0.5) is 5.00 Å². The fourth-order valence-corrected chi connectivity index (χ4v) is 4.82. The summed E-state index contributed by atoms with van der Waals surface area (Å²) in [5.41, 5.74) is 7.93. The lowest BCUT2D eigenvalue weighted by Crippen LogP contribution is -2.17. The smallest absolute Gasteiger partial charge is 0.252 e. The van der Waals surface area contributed by atoms with Crippen molar-refractivity contribution in [1.29, 1.82) is 0 Å². The van der Waals surface area contributed by atoms with Crippen molar-refractivity contribution in [1.82, 2.24) is 0 Å². The lowest BCUT2D eigenvalue weighted by molar-refractivity contribution is 0.1000. The predicted molar refractivity (Wildman–Crippen MR) is 107 cm³/mol. The standard InChI is InChI=1S/C21H20N2O2S/c1-12-6-9-18-15(10-12)19(20(22)25)21(26-18)23-11-16-14-5-3-2-4-13(14)7-8-17(16)24/h2-5,7-8,11-12,24H,6,9-10H2,1H3,(H2,22,25). The van der Waals surface area contributed by atoms with Gasteiger partial charge in [0.15, 0.2) is 0 Å². The summed E-state index contributed by atoms with van der Waals surface area (Å²) >= 11 is 1.54. The molecular formula is C21H20N2O2S. The van der Waals surface area contributed by atoms with Gasteiger partial charge in [-0.05, 0) is 47.6 Å². The Balaban J connectivity index is 1.81. The van der Waals surface area contributed by atoms with E-state index in [4.69, 9.17) is 5.73 Å². The number of hydrogen-bond donors (Lipinski definition) is 2. The Morgan fingerprint density at radius 1 is 1.31 bits per heavy atom. The molecule has 0 saturated heterocycles. The molecule has 1 heterocycles. The minimum atomic E-state index is -0.425. The summed E-state index contributed by atoms with van der Waals surface area (Å²) in [5.74, 6) is 0.294. The average Bonchev–Trinajstić information content (AvgIpc) is 2.98. The molecule has 4 rings (SSSR count). The number of thiophene rings is 1. The molecule has 3 aromatic rings. The number of benzene rings is 2. The summed E-state index contributed by atoms with van der Waals surface area (Å²) in [6.07, 6.45) is 4.61. The lowest BCUT2D eigenvalue weighted by Gasteiger charge is -2.18. The molecule has 3 N–H and O–H groups in total. The molecular weight excluding hydrogens is 344 g/mol. The summed E-state index contributed by atoms with van der Waals surface area (Å²) < 4.78 is 0. The third-order valence-electron chi connectivity index (χ3n) is 4.99. The number of carbonyl (C=O) groups is 1. The number of primary amides is 1. The van der Waals surface area contributed by atoms with Crippen LogP contribution in [0, 0.1) is 5.92 Å². The van der Waals surface area contributed by atoms with Crippen molar-refractivity contribution in [3.05, 3.63) is 58.0 Å². The van der Waals surface area contributed by atoms with Crippen LogP contribution in [-0.4, -0.2) is 17.2 Å². The van der Waals surface area contributed by atoms with E-state index in [1.807, 2.05) is 30.3 Å². The van der Waals surface area contributed by atoms with Crippen LogP contribution in [0.5, 0.6) is 5.75 Å². The number of phenolic OH excluding ortho intramolecular Hbond substituents is 1. The van der Waals surface area contributed by atoms with Crippen molar-refractivity contribution >= 4 is 39.2 Å². The molecule has 0 saturated carbocycles. The number of nitrogens with two attached hydrogens (primary N) is 1. The number of hydrogen-bond acceptors (Lipinski definition) is 4. The summed E-state index contributed by atoms with van der Waals surface area (Å²) in [7, 11) is 0. The van der Waals surface area contributed by atoms with Gasteiger partial charge in [0.1, 0.15) is 10.8 Å². The SMILES string of the molecule is CC1CCc2sc(N=Cc3c(O)ccc4ccccc34)c(C(N)=O)c2C1. The van der Waals surface area contributed by atoms with Crippen molar-refractivity contribution in [3.63, 3.8) is 0 Å². The number of carbonyl (C=O) groups excluding carboxylic acids is 1. The van der Waals surface area contributed by atoms with E-state index in [1.165, 1.54) is 4.88 Å². The van der Waals surface area contributed by atoms with Crippen molar-refractivity contribution in [2.24, 2.45) is 16.6 Å². The number of nitrogens with zero attached hydrogens (tertiary/aromatic N) is 1. The molecule has 0 fully saturated rings. The van der Waals surface area contributed by atoms with E-state index in [0.717, 1.165) is 35.6 Å². The molecule has 0 radical (unpaired) electrons. The summed E-state index contributed by atoms with van der Waals surface area (Å²) in [6.45, 7) is 2.20. The largest absolute Gasteiger partial charge is 0.507 e. The Hall–Kier alpha value is -2.66. The molecule has 2 aromatic carbocycles. The maximum Gasteiger partial charge on any atom is 0.252 e. The van der Waals surface area contributed by atoms with Crippen molar-refractivity contribution in [3.8, 4) is 5.75 Å². The highest BCUT2D eigenvalue weighted by Gasteiger charge is 2.26. The van der Waals surface area contributed by atoms with Gasteiger partial charge in [-0.25, -0.2) is 4.99 Å². The Morgan fingerprint density at radius 3 is 2.92 bits per heavy atom. The third kappa shape index (κ3) is 2.88. The first-order valence-corrected chi connectivity index (χ1v) is 9.55. The minimum absolute atomic E-state index is 0.169. The van der Waals surface area contributed by atoms with Gasteiger partial charge in [0.2, 0.25) is 0 Å². The molecule has 1 aliphatic carbocycles. The maximum atomic E-state index is 12.1. The third-order valence-corrected chi connectivity index (χ3v) is 6.19. The molecule has 0 spiro atoms. The van der Waals surface area contributed by atoms with E-state index < -0.39 is 5.91 Å². The molecule has 1 unspecified atom stereocenters. The molecule has 1 atom stereocenters. The first-order chi connectivity index (χ1) is 12.5. The number of rotatable bonds is 3. The van der Waals surface area contributed by atoms with Crippen molar-refractivity contribution in [2.75, 3.05) is 0 Å². The molecule has 5 heteroatoms. The van der Waals surface area contributed by atoms with Gasteiger partial charge < -0.3 is 10.8 Å². The summed E-state index contributed by atoms with van der Waals surface area (Å²) in [5, 5.41) is 12.9. The number of amides is 1. The highest BCUT2D eigenvalue weighted by Crippen LogP contribution is 2.41. The van der Waals surface area contributed by atoms with Crippen LogP contribution in [0.15, 0.2) is 41.4 Å². The second-order valence-electron chi connectivity index (χ2n) is 6.87. The minimum Gasteiger partial charge on any atom is -0.507 e. The van der Waals surface area contributed by atoms with E-state index in [1.54, 1.807) is 23.6 Å². The number of aryl methyl sites for hydroxylation is 1. The van der Waals surface area contributed by atoms with E-state index >= 15 is 0 Å². The zero-order valence-corrected chi connectivity index (χ0v) is 15.3. The predicted octanol–water partition coefficient (Wildman–Crippen LogP) is 4.58. The zero-order valence-electron chi connectivity index (χ0n) is 14.5. The van der Waals surface area contributed by atoms with Gasteiger partial charge in [-0.15, -0.1) is 11.3 Å². The van der Waals surface area contributed by atoms with Crippen molar-refractivity contribution < 1.29 is 9.90 Å². The monoisotopic (exact) mass is 364 g/mol. The Labute approximate surface area is 156 Å². The van der Waals surface area contributed by atoms with E-state index in [9.17, 15) is 9.90 Å². The Morgan fingerprint density at radius 2 is 2.12 bits per heavy atom. The second kappa shape index (κ2) is 6.57. The van der Waals surface area contributed by atoms with Crippen LogP contribution in [-0.2, 0) is 12.8 Å². The second-order valence-corrected chi connectivity index (χ2v) is 7.96. The lowest BCUT2D eigenvalue weighted by atomic mass is 9.87. The molecule has 26 heavy (non-hydrogen) atoms. The van der Waals surface area contributed by atoms with Crippen LogP contribution in [0.25, 0.3) is 10.8 Å². The molecule has 1 amide bonds. The number of aromatic hydroxyl groups is 1. The molecule has 132 valence electrons. The highest BCUT2D eigenvalue weighted by molar-refractivity contribution is 7.16. The quantitative estimate of drug-likeness (QED) is 0.667. The molecule has 1 aliphatic rings. The molecule has 0 bridgehead atoms. The van der Waals surface area contributed by atoms with Crippen LogP contribution in [0.3, 0.4) is 0 Å². The molecule has 0 aliphatic heterocycles. The molecule has 1 aromatic heterocycles. The van der Waals surface area contributed by atoms with E-state index in [2.05, 4.69) is 11.9 Å². The highest BCUT2D eigenvalue weighted by atomic mass is 32.1. The first-order valence-electron chi connectivity index (χ1n) is 8.73. The van der Waals surface area contributed by atoms with E-state index in [0.29, 0.717) is 22.0 Å². The number of aliphatic imine (C=N–C) groups is 1. The fourth-order valence-electron chi connectivity index (χ4n) is 3.63. The van der Waals surface area contributed by atoms with Crippen LogP contribution in [0.2, 0.25) is 0 Å². The van der Waals surface area contributed by atoms with E-state index in [-0.39, 0.29) is 5.75 Å². The van der Waals surface area contributed by atoms with Crippen molar-refractivity contribution in [2.45, 2.75) is 26.2 Å².